The molecule has 2 aromatic rings. The van der Waals surface area contributed by atoms with Crippen LogP contribution < -0.4 is 5.32 Å². The van der Waals surface area contributed by atoms with Crippen LogP contribution >= 0.6 is 23.1 Å². The molecule has 0 aliphatic rings. The van der Waals surface area contributed by atoms with E-state index in [1.54, 1.807) is 23.5 Å². The first-order valence-corrected chi connectivity index (χ1v) is 7.59. The highest BCUT2D eigenvalue weighted by molar-refractivity contribution is 7.99. The Bertz CT molecular complexity index is 535. The smallest absolute Gasteiger partial charge is 0.288 e. The fourth-order valence-corrected chi connectivity index (χ4v) is 3.26. The van der Waals surface area contributed by atoms with Gasteiger partial charge in [-0.05, 0) is 49.7 Å². The summed E-state index contributed by atoms with van der Waals surface area (Å²) >= 11 is 2.35. The molecule has 2 rings (SSSR count). The van der Waals surface area contributed by atoms with Crippen molar-refractivity contribution < 1.29 is 8.78 Å². The third-order valence-corrected chi connectivity index (χ3v) is 4.44. The fourth-order valence-electron chi connectivity index (χ4n) is 1.81. The zero-order valence-corrected chi connectivity index (χ0v) is 12.4. The lowest BCUT2D eigenvalue weighted by Gasteiger charge is -2.07. The zero-order chi connectivity index (χ0) is 13.8. The molecule has 0 aliphatic heterocycles. The van der Waals surface area contributed by atoms with Crippen molar-refractivity contribution in [2.24, 2.45) is 0 Å². The summed E-state index contributed by atoms with van der Waals surface area (Å²) in [4.78, 5) is 3.20. The molecule has 0 fully saturated rings. The van der Waals surface area contributed by atoms with Crippen LogP contribution in [0.2, 0.25) is 0 Å². The van der Waals surface area contributed by atoms with Crippen LogP contribution in [-0.2, 0) is 6.54 Å². The summed E-state index contributed by atoms with van der Waals surface area (Å²) in [5.41, 5.74) is 2.23. The second-order valence-corrected chi connectivity index (χ2v) is 6.72. The maximum Gasteiger partial charge on any atom is 0.288 e. The molecule has 0 bridgehead atoms. The summed E-state index contributed by atoms with van der Waals surface area (Å²) in [5.74, 6) is -2.37. The van der Waals surface area contributed by atoms with Gasteiger partial charge in [-0.15, -0.1) is 11.3 Å². The molecule has 1 N–H and O–H groups in total. The molecule has 0 saturated heterocycles. The van der Waals surface area contributed by atoms with E-state index < -0.39 is 5.76 Å². The first-order valence-electron chi connectivity index (χ1n) is 5.89. The fraction of sp³-hybridized carbons (Fsp3) is 0.286. The summed E-state index contributed by atoms with van der Waals surface area (Å²) in [5, 5.41) is 3.31. The molecule has 0 aliphatic carbocycles. The van der Waals surface area contributed by atoms with Crippen LogP contribution in [0.3, 0.4) is 0 Å². The predicted molar refractivity (Wildman–Crippen MR) is 79.4 cm³/mol. The van der Waals surface area contributed by atoms with Crippen molar-refractivity contribution in [3.8, 4) is 0 Å². The minimum atomic E-state index is -2.37. The van der Waals surface area contributed by atoms with Crippen LogP contribution in [0.25, 0.3) is 0 Å². The Morgan fingerprint density at radius 3 is 2.42 bits per heavy atom. The van der Waals surface area contributed by atoms with Gasteiger partial charge in [-0.25, -0.2) is 0 Å². The molecule has 0 unspecified atom stereocenters. The standard InChI is InChI=1S/C14H15F2NS2/c1-9-7-11(10(2)18-9)8-17-12-3-5-13(6-4-12)19-14(15)16/h3-7,14,17H,8H2,1-2H3. The Hall–Kier alpha value is -1.07. The summed E-state index contributed by atoms with van der Waals surface area (Å²) < 4.78 is 24.4. The number of benzene rings is 1. The summed E-state index contributed by atoms with van der Waals surface area (Å²) in [6.07, 6.45) is 0. The van der Waals surface area contributed by atoms with Crippen molar-refractivity contribution >= 4 is 28.8 Å². The SMILES string of the molecule is Cc1cc(CNc2ccc(SC(F)F)cc2)c(C)s1. The van der Waals surface area contributed by atoms with Gasteiger partial charge in [-0.2, -0.15) is 8.78 Å². The van der Waals surface area contributed by atoms with Gasteiger partial charge in [-0.1, -0.05) is 11.8 Å². The van der Waals surface area contributed by atoms with Crippen molar-refractivity contribution in [2.75, 3.05) is 5.32 Å². The number of hydrogen-bond donors (Lipinski definition) is 1. The van der Waals surface area contributed by atoms with E-state index in [1.807, 2.05) is 12.1 Å². The normalized spacial score (nSPS) is 11.0. The van der Waals surface area contributed by atoms with Crippen molar-refractivity contribution in [3.05, 3.63) is 45.6 Å². The second-order valence-electron chi connectivity index (χ2n) is 4.19. The van der Waals surface area contributed by atoms with Gasteiger partial charge in [-0.3, -0.25) is 0 Å². The Kier molecular flexibility index (Phi) is 4.82. The first-order chi connectivity index (χ1) is 9.04. The minimum absolute atomic E-state index is 0.568. The molecule has 0 spiro atoms. The van der Waals surface area contributed by atoms with E-state index >= 15 is 0 Å². The van der Waals surface area contributed by atoms with E-state index in [1.165, 1.54) is 15.3 Å². The van der Waals surface area contributed by atoms with E-state index in [4.69, 9.17) is 0 Å². The average molecular weight is 299 g/mol. The number of halogens is 2. The Morgan fingerprint density at radius 1 is 1.21 bits per heavy atom. The maximum absolute atomic E-state index is 12.2. The quantitative estimate of drug-likeness (QED) is 0.753. The number of thiophene rings is 1. The van der Waals surface area contributed by atoms with E-state index in [0.29, 0.717) is 16.7 Å². The van der Waals surface area contributed by atoms with Gasteiger partial charge in [0.05, 0.1) is 0 Å². The number of aryl methyl sites for hydroxylation is 2. The number of hydrogen-bond acceptors (Lipinski definition) is 3. The van der Waals surface area contributed by atoms with Crippen molar-refractivity contribution in [1.29, 1.82) is 0 Å². The molecule has 102 valence electrons. The maximum atomic E-state index is 12.2. The summed E-state index contributed by atoms with van der Waals surface area (Å²) in [7, 11) is 0. The lowest BCUT2D eigenvalue weighted by molar-refractivity contribution is 0.252. The van der Waals surface area contributed by atoms with Gasteiger partial charge >= 0.3 is 0 Å². The van der Waals surface area contributed by atoms with Crippen LogP contribution in [0.4, 0.5) is 14.5 Å². The molecule has 19 heavy (non-hydrogen) atoms. The van der Waals surface area contributed by atoms with E-state index in [-0.39, 0.29) is 0 Å². The predicted octanol–water partition coefficient (Wildman–Crippen LogP) is 5.29. The van der Waals surface area contributed by atoms with Gasteiger partial charge in [0.1, 0.15) is 0 Å². The monoisotopic (exact) mass is 299 g/mol. The molecule has 0 amide bonds. The van der Waals surface area contributed by atoms with Crippen molar-refractivity contribution in [2.45, 2.75) is 31.0 Å². The molecular formula is C14H15F2NS2. The Balaban J connectivity index is 1.94. The number of alkyl halides is 2. The number of anilines is 1. The summed E-state index contributed by atoms with van der Waals surface area (Å²) in [6, 6.07) is 9.27. The topological polar surface area (TPSA) is 12.0 Å². The third kappa shape index (κ3) is 4.21. The number of nitrogens with one attached hydrogen (secondary N) is 1. The summed E-state index contributed by atoms with van der Waals surface area (Å²) in [6.45, 7) is 4.96. The minimum Gasteiger partial charge on any atom is -0.381 e. The van der Waals surface area contributed by atoms with E-state index in [9.17, 15) is 8.78 Å². The lowest BCUT2D eigenvalue weighted by Crippen LogP contribution is -1.99. The van der Waals surface area contributed by atoms with Crippen LogP contribution in [-0.4, -0.2) is 5.76 Å². The highest BCUT2D eigenvalue weighted by Gasteiger charge is 2.05. The molecule has 1 nitrogen and oxygen atoms in total. The van der Waals surface area contributed by atoms with E-state index in [2.05, 4.69) is 25.2 Å². The first kappa shape index (κ1) is 14.3. The van der Waals surface area contributed by atoms with Gasteiger partial charge in [0, 0.05) is 26.9 Å². The van der Waals surface area contributed by atoms with Crippen molar-refractivity contribution in [3.63, 3.8) is 0 Å². The number of rotatable bonds is 5. The highest BCUT2D eigenvalue weighted by Crippen LogP contribution is 2.26. The van der Waals surface area contributed by atoms with Gasteiger partial charge < -0.3 is 5.32 Å². The number of thioether (sulfide) groups is 1. The van der Waals surface area contributed by atoms with E-state index in [0.717, 1.165) is 12.2 Å². The highest BCUT2D eigenvalue weighted by atomic mass is 32.2. The van der Waals surface area contributed by atoms with Gasteiger partial charge in [0.25, 0.3) is 5.76 Å². The molecule has 0 radical (unpaired) electrons. The van der Waals surface area contributed by atoms with Gasteiger partial charge in [0.15, 0.2) is 0 Å². The zero-order valence-electron chi connectivity index (χ0n) is 10.7. The molecule has 0 atom stereocenters. The largest absolute Gasteiger partial charge is 0.381 e. The van der Waals surface area contributed by atoms with Crippen LogP contribution in [0, 0.1) is 13.8 Å². The van der Waals surface area contributed by atoms with Crippen LogP contribution in [0.5, 0.6) is 0 Å². The molecule has 0 saturated carbocycles. The molecule has 1 heterocycles. The Labute approximate surface area is 120 Å². The van der Waals surface area contributed by atoms with Gasteiger partial charge in [0.2, 0.25) is 0 Å². The Morgan fingerprint density at radius 2 is 1.89 bits per heavy atom. The second kappa shape index (κ2) is 6.39. The lowest BCUT2D eigenvalue weighted by atomic mass is 10.2. The van der Waals surface area contributed by atoms with Crippen LogP contribution in [0.1, 0.15) is 15.3 Å². The molecule has 1 aromatic heterocycles. The average Bonchev–Trinajstić information content (AvgIpc) is 2.66. The van der Waals surface area contributed by atoms with Crippen molar-refractivity contribution in [1.82, 2.24) is 0 Å². The van der Waals surface area contributed by atoms with Crippen LogP contribution in [0.15, 0.2) is 35.2 Å². The third-order valence-electron chi connectivity index (χ3n) is 2.71. The molecule has 5 heteroatoms. The molecular weight excluding hydrogens is 284 g/mol. The molecule has 1 aromatic carbocycles.